The zero-order valence-electron chi connectivity index (χ0n) is 12.8. The van der Waals surface area contributed by atoms with Gasteiger partial charge in [-0.05, 0) is 44.4 Å². The van der Waals surface area contributed by atoms with Gasteiger partial charge in [-0.2, -0.15) is 0 Å². The first-order valence-corrected chi connectivity index (χ1v) is 8.27. The third-order valence-corrected chi connectivity index (χ3v) is 4.90. The molecule has 0 radical (unpaired) electrons. The van der Waals surface area contributed by atoms with E-state index in [1.165, 1.54) is 38.5 Å². The Balaban J connectivity index is 1.79. The predicted molar refractivity (Wildman–Crippen MR) is 85.9 cm³/mol. The Kier molecular flexibility index (Phi) is 4.42. The Bertz CT molecular complexity index is 585. The monoisotopic (exact) mass is 287 g/mol. The number of hydrogen-bond donors (Lipinski definition) is 2. The van der Waals surface area contributed by atoms with Crippen molar-refractivity contribution in [3.63, 3.8) is 0 Å². The number of allylic oxidation sites excluding steroid dienone is 2. The smallest absolute Gasteiger partial charge is 0.273 e. The first-order valence-electron chi connectivity index (χ1n) is 8.27. The van der Waals surface area contributed by atoms with Gasteiger partial charge in [0.25, 0.3) is 5.56 Å². The second-order valence-electron chi connectivity index (χ2n) is 6.56. The first-order chi connectivity index (χ1) is 10.2. The molecule has 114 valence electrons. The van der Waals surface area contributed by atoms with Gasteiger partial charge in [-0.3, -0.25) is 14.9 Å². The first kappa shape index (κ1) is 14.4. The van der Waals surface area contributed by atoms with Gasteiger partial charge in [-0.1, -0.05) is 25.8 Å². The van der Waals surface area contributed by atoms with Gasteiger partial charge in [0.05, 0.1) is 5.56 Å². The predicted octanol–water partition coefficient (Wildman–Crippen LogP) is 3.87. The van der Waals surface area contributed by atoms with E-state index in [-0.39, 0.29) is 5.56 Å². The Morgan fingerprint density at radius 3 is 2.71 bits per heavy atom. The number of nitrogens with one attached hydrogen (secondary N) is 2. The molecule has 0 saturated heterocycles. The Morgan fingerprint density at radius 1 is 1.19 bits per heavy atom. The molecule has 21 heavy (non-hydrogen) atoms. The number of hydrogen-bond acceptors (Lipinski definition) is 2. The lowest BCUT2D eigenvalue weighted by atomic mass is 9.80. The SMILES string of the molecule is CC1CCC(c2[nH][nH]c(=O)c2C=NC2=CCCCC2)CC1. The molecule has 1 aromatic heterocycles. The summed E-state index contributed by atoms with van der Waals surface area (Å²) in [7, 11) is 0. The van der Waals surface area contributed by atoms with Crippen molar-refractivity contribution in [3.8, 4) is 0 Å². The molecule has 1 saturated carbocycles. The topological polar surface area (TPSA) is 61.0 Å². The summed E-state index contributed by atoms with van der Waals surface area (Å²) in [6.45, 7) is 2.31. The lowest BCUT2D eigenvalue weighted by Crippen LogP contribution is -2.14. The van der Waals surface area contributed by atoms with Crippen molar-refractivity contribution in [2.75, 3.05) is 0 Å². The van der Waals surface area contributed by atoms with Crippen molar-refractivity contribution >= 4 is 6.21 Å². The fraction of sp³-hybridized carbons (Fsp3) is 0.647. The molecule has 0 aliphatic heterocycles. The maximum atomic E-state index is 12.0. The largest absolute Gasteiger partial charge is 0.301 e. The minimum absolute atomic E-state index is 0.0382. The molecule has 0 amide bonds. The molecule has 0 unspecified atom stereocenters. The lowest BCUT2D eigenvalue weighted by molar-refractivity contribution is 0.344. The van der Waals surface area contributed by atoms with Crippen LogP contribution in [0, 0.1) is 5.92 Å². The van der Waals surface area contributed by atoms with E-state index in [1.54, 1.807) is 6.21 Å². The average molecular weight is 287 g/mol. The summed E-state index contributed by atoms with van der Waals surface area (Å²) in [4.78, 5) is 16.6. The third-order valence-electron chi connectivity index (χ3n) is 4.90. The highest BCUT2D eigenvalue weighted by Gasteiger charge is 2.24. The second-order valence-corrected chi connectivity index (χ2v) is 6.56. The van der Waals surface area contributed by atoms with E-state index in [4.69, 9.17) is 0 Å². The van der Waals surface area contributed by atoms with Crippen LogP contribution >= 0.6 is 0 Å². The van der Waals surface area contributed by atoms with Crippen LogP contribution in [0.3, 0.4) is 0 Å². The average Bonchev–Trinajstić information content (AvgIpc) is 2.88. The fourth-order valence-electron chi connectivity index (χ4n) is 3.47. The number of H-pyrrole nitrogens is 2. The molecule has 1 heterocycles. The van der Waals surface area contributed by atoms with Gasteiger partial charge in [0.2, 0.25) is 0 Å². The normalized spacial score (nSPS) is 27.0. The number of aromatic amines is 2. The van der Waals surface area contributed by atoms with Crippen molar-refractivity contribution in [1.82, 2.24) is 10.2 Å². The lowest BCUT2D eigenvalue weighted by Gasteiger charge is -2.25. The molecule has 2 aliphatic carbocycles. The van der Waals surface area contributed by atoms with E-state index in [0.717, 1.165) is 35.7 Å². The van der Waals surface area contributed by atoms with Crippen LogP contribution in [-0.2, 0) is 0 Å². The second kappa shape index (κ2) is 6.46. The van der Waals surface area contributed by atoms with E-state index >= 15 is 0 Å². The molecule has 1 fully saturated rings. The van der Waals surface area contributed by atoms with Crippen LogP contribution < -0.4 is 5.56 Å². The van der Waals surface area contributed by atoms with Crippen LogP contribution in [-0.4, -0.2) is 16.4 Å². The highest BCUT2D eigenvalue weighted by atomic mass is 16.1. The van der Waals surface area contributed by atoms with Gasteiger partial charge in [-0.25, -0.2) is 0 Å². The van der Waals surface area contributed by atoms with Crippen molar-refractivity contribution in [2.45, 2.75) is 64.2 Å². The number of aliphatic imine (C=N–C) groups is 1. The van der Waals surface area contributed by atoms with Gasteiger partial charge in [0.1, 0.15) is 0 Å². The minimum atomic E-state index is -0.0382. The summed E-state index contributed by atoms with van der Waals surface area (Å²) in [5, 5.41) is 5.84. The van der Waals surface area contributed by atoms with E-state index in [1.807, 2.05) is 0 Å². The zero-order chi connectivity index (χ0) is 14.7. The molecule has 4 nitrogen and oxygen atoms in total. The number of rotatable bonds is 3. The fourth-order valence-corrected chi connectivity index (χ4v) is 3.47. The molecule has 2 N–H and O–H groups in total. The quantitative estimate of drug-likeness (QED) is 0.814. The third kappa shape index (κ3) is 3.36. The van der Waals surface area contributed by atoms with Crippen LogP contribution in [0.4, 0.5) is 0 Å². The molecule has 2 aliphatic rings. The summed E-state index contributed by atoms with van der Waals surface area (Å²) >= 11 is 0. The number of nitrogens with zero attached hydrogens (tertiary/aromatic N) is 1. The summed E-state index contributed by atoms with van der Waals surface area (Å²) < 4.78 is 0. The molecule has 0 atom stereocenters. The molecular formula is C17H25N3O. The molecule has 0 aromatic carbocycles. The van der Waals surface area contributed by atoms with Crippen LogP contribution in [0.1, 0.15) is 75.5 Å². The van der Waals surface area contributed by atoms with E-state index in [9.17, 15) is 4.79 Å². The molecule has 1 aromatic rings. The molecule has 0 bridgehead atoms. The van der Waals surface area contributed by atoms with Gasteiger partial charge >= 0.3 is 0 Å². The molecular weight excluding hydrogens is 262 g/mol. The van der Waals surface area contributed by atoms with Crippen LogP contribution in [0.2, 0.25) is 0 Å². The Hall–Kier alpha value is -1.58. The van der Waals surface area contributed by atoms with Crippen LogP contribution in [0.15, 0.2) is 21.6 Å². The van der Waals surface area contributed by atoms with E-state index in [2.05, 4.69) is 28.2 Å². The maximum absolute atomic E-state index is 12.0. The Morgan fingerprint density at radius 2 is 2.00 bits per heavy atom. The van der Waals surface area contributed by atoms with Crippen molar-refractivity contribution in [2.24, 2.45) is 10.9 Å². The highest BCUT2D eigenvalue weighted by molar-refractivity contribution is 5.81. The van der Waals surface area contributed by atoms with Crippen LogP contribution in [0.5, 0.6) is 0 Å². The molecule has 4 heteroatoms. The van der Waals surface area contributed by atoms with Crippen molar-refractivity contribution in [3.05, 3.63) is 33.4 Å². The highest BCUT2D eigenvalue weighted by Crippen LogP contribution is 2.35. The molecule has 3 rings (SSSR count). The van der Waals surface area contributed by atoms with E-state index < -0.39 is 0 Å². The van der Waals surface area contributed by atoms with Gasteiger partial charge in [0.15, 0.2) is 0 Å². The minimum Gasteiger partial charge on any atom is -0.301 e. The number of aromatic nitrogens is 2. The van der Waals surface area contributed by atoms with Crippen LogP contribution in [0.25, 0.3) is 0 Å². The van der Waals surface area contributed by atoms with Gasteiger partial charge in [0, 0.05) is 23.5 Å². The van der Waals surface area contributed by atoms with Crippen molar-refractivity contribution < 1.29 is 0 Å². The van der Waals surface area contributed by atoms with Gasteiger partial charge < -0.3 is 5.10 Å². The summed E-state index contributed by atoms with van der Waals surface area (Å²) in [5.74, 6) is 1.29. The maximum Gasteiger partial charge on any atom is 0.273 e. The Labute approximate surface area is 125 Å². The van der Waals surface area contributed by atoms with E-state index in [0.29, 0.717) is 5.92 Å². The zero-order valence-corrected chi connectivity index (χ0v) is 12.8. The standard InChI is InChI=1S/C17H25N3O/c1-12-7-9-13(10-8-12)16-15(17(21)20-19-16)11-18-14-5-3-2-4-6-14/h5,11-13H,2-4,6-10H2,1H3,(H2,19,20,21). The van der Waals surface area contributed by atoms with Crippen molar-refractivity contribution in [1.29, 1.82) is 0 Å². The molecule has 0 spiro atoms. The summed E-state index contributed by atoms with van der Waals surface area (Å²) in [6.07, 6.45) is 13.4. The summed E-state index contributed by atoms with van der Waals surface area (Å²) in [6, 6.07) is 0. The van der Waals surface area contributed by atoms with Gasteiger partial charge in [-0.15, -0.1) is 0 Å². The summed E-state index contributed by atoms with van der Waals surface area (Å²) in [5.41, 5.74) is 2.89.